The van der Waals surface area contributed by atoms with E-state index in [1.807, 2.05) is 36.1 Å². The zero-order valence-corrected chi connectivity index (χ0v) is 12.9. The van der Waals surface area contributed by atoms with Gasteiger partial charge in [0.1, 0.15) is 0 Å². The number of carbonyl (C=O) groups is 1. The van der Waals surface area contributed by atoms with Gasteiger partial charge in [-0.15, -0.1) is 0 Å². The van der Waals surface area contributed by atoms with Gasteiger partial charge in [0.25, 0.3) is 0 Å². The number of benzene rings is 1. The van der Waals surface area contributed by atoms with Gasteiger partial charge >= 0.3 is 0 Å². The lowest BCUT2D eigenvalue weighted by Crippen LogP contribution is -2.59. The van der Waals surface area contributed by atoms with Crippen LogP contribution in [0.5, 0.6) is 0 Å². The van der Waals surface area contributed by atoms with E-state index < -0.39 is 0 Å². The zero-order valence-electron chi connectivity index (χ0n) is 12.9. The number of anilines is 1. The second-order valence-electron chi connectivity index (χ2n) is 6.39. The third kappa shape index (κ3) is 2.96. The van der Waals surface area contributed by atoms with Crippen LogP contribution >= 0.6 is 0 Å². The smallest absolute Gasteiger partial charge is 0.229 e. The number of hydrogen-bond acceptors (Lipinski definition) is 3. The third-order valence-corrected chi connectivity index (χ3v) is 4.41. The molecule has 0 aliphatic carbocycles. The van der Waals surface area contributed by atoms with E-state index in [-0.39, 0.29) is 17.4 Å². The highest BCUT2D eigenvalue weighted by Gasteiger charge is 2.34. The molecule has 1 amide bonds. The van der Waals surface area contributed by atoms with E-state index in [1.54, 1.807) is 0 Å². The number of nitrogens with zero attached hydrogens (tertiary/aromatic N) is 2. The average molecular weight is 275 g/mol. The number of likely N-dealkylation sites (N-methyl/N-ethyl adjacent to an activating group) is 1. The molecule has 1 saturated heterocycles. The Hall–Kier alpha value is -1.55. The molecule has 1 aliphatic heterocycles. The molecule has 4 heteroatoms. The van der Waals surface area contributed by atoms with Gasteiger partial charge in [0.2, 0.25) is 5.91 Å². The molecule has 110 valence electrons. The van der Waals surface area contributed by atoms with Gasteiger partial charge in [-0.1, -0.05) is 12.1 Å². The Kier molecular flexibility index (Phi) is 4.04. The number of rotatable bonds is 2. The number of piperazine rings is 1. The molecule has 2 N–H and O–H groups in total. The fraction of sp³-hybridized carbons (Fsp3) is 0.562. The van der Waals surface area contributed by atoms with Crippen molar-refractivity contribution >= 4 is 11.6 Å². The van der Waals surface area contributed by atoms with Gasteiger partial charge < -0.3 is 10.6 Å². The Bertz CT molecular complexity index is 498. The predicted molar refractivity (Wildman–Crippen MR) is 82.6 cm³/mol. The first-order chi connectivity index (χ1) is 9.31. The van der Waals surface area contributed by atoms with Crippen LogP contribution in [0.25, 0.3) is 0 Å². The molecule has 0 saturated carbocycles. The zero-order chi connectivity index (χ0) is 14.9. The molecular formula is C16H25N3O. The molecule has 1 atom stereocenters. The molecule has 4 nitrogen and oxygen atoms in total. The van der Waals surface area contributed by atoms with Gasteiger partial charge in [-0.2, -0.15) is 0 Å². The van der Waals surface area contributed by atoms with Crippen LogP contribution in [0.3, 0.4) is 0 Å². The molecule has 0 radical (unpaired) electrons. The van der Waals surface area contributed by atoms with Gasteiger partial charge in [-0.25, -0.2) is 0 Å². The van der Waals surface area contributed by atoms with Crippen LogP contribution in [0.1, 0.15) is 32.3 Å². The van der Waals surface area contributed by atoms with Crippen molar-refractivity contribution in [2.75, 3.05) is 32.4 Å². The fourth-order valence-corrected chi connectivity index (χ4v) is 2.67. The van der Waals surface area contributed by atoms with E-state index in [0.717, 1.165) is 25.2 Å². The van der Waals surface area contributed by atoms with Crippen molar-refractivity contribution in [1.29, 1.82) is 0 Å². The second kappa shape index (κ2) is 5.44. The summed E-state index contributed by atoms with van der Waals surface area (Å²) in [6.45, 7) is 8.81. The first-order valence-electron chi connectivity index (χ1n) is 7.17. The maximum Gasteiger partial charge on any atom is 0.229 e. The van der Waals surface area contributed by atoms with Crippen molar-refractivity contribution in [3.8, 4) is 0 Å². The fourth-order valence-electron chi connectivity index (χ4n) is 2.67. The maximum absolute atomic E-state index is 12.7. The monoisotopic (exact) mass is 275 g/mol. The lowest BCUT2D eigenvalue weighted by molar-refractivity contribution is -0.137. The summed E-state index contributed by atoms with van der Waals surface area (Å²) in [7, 11) is 2.11. The lowest BCUT2D eigenvalue weighted by atomic mass is 9.95. The van der Waals surface area contributed by atoms with Crippen molar-refractivity contribution in [2.45, 2.75) is 32.2 Å². The van der Waals surface area contributed by atoms with Crippen molar-refractivity contribution in [3.05, 3.63) is 29.8 Å². The molecule has 20 heavy (non-hydrogen) atoms. The molecule has 1 aliphatic rings. The largest absolute Gasteiger partial charge is 0.399 e. The second-order valence-corrected chi connectivity index (χ2v) is 6.39. The molecule has 2 rings (SSSR count). The molecule has 1 unspecified atom stereocenters. The highest BCUT2D eigenvalue weighted by atomic mass is 16.2. The summed E-state index contributed by atoms with van der Waals surface area (Å²) < 4.78 is 0. The number of carbonyl (C=O) groups excluding carboxylic acids is 1. The van der Waals surface area contributed by atoms with Crippen LogP contribution in [-0.4, -0.2) is 47.9 Å². The quantitative estimate of drug-likeness (QED) is 0.839. The van der Waals surface area contributed by atoms with Gasteiger partial charge in [0, 0.05) is 30.9 Å². The third-order valence-electron chi connectivity index (χ3n) is 4.41. The standard InChI is InChI=1S/C16H25N3O/c1-12(13-6-5-7-14(17)10-13)15(20)19-9-8-18(4)16(2,3)11-19/h5-7,10,12H,8-9,11,17H2,1-4H3. The van der Waals surface area contributed by atoms with Crippen molar-refractivity contribution in [1.82, 2.24) is 9.80 Å². The maximum atomic E-state index is 12.7. The van der Waals surface area contributed by atoms with E-state index in [0.29, 0.717) is 5.69 Å². The van der Waals surface area contributed by atoms with Crippen LogP contribution in [0.15, 0.2) is 24.3 Å². The summed E-state index contributed by atoms with van der Waals surface area (Å²) in [5, 5.41) is 0. The Morgan fingerprint density at radius 2 is 2.05 bits per heavy atom. The molecule has 1 aromatic rings. The van der Waals surface area contributed by atoms with Crippen molar-refractivity contribution < 1.29 is 4.79 Å². The molecular weight excluding hydrogens is 250 g/mol. The van der Waals surface area contributed by atoms with Gasteiger partial charge in [-0.05, 0) is 45.5 Å². The summed E-state index contributed by atoms with van der Waals surface area (Å²) in [5.41, 5.74) is 7.54. The summed E-state index contributed by atoms with van der Waals surface area (Å²) in [6, 6.07) is 7.62. The van der Waals surface area contributed by atoms with E-state index in [2.05, 4.69) is 25.8 Å². The van der Waals surface area contributed by atoms with Crippen molar-refractivity contribution in [3.63, 3.8) is 0 Å². The first kappa shape index (κ1) is 14.9. The Morgan fingerprint density at radius 1 is 1.35 bits per heavy atom. The van der Waals surface area contributed by atoms with Crippen LogP contribution in [-0.2, 0) is 4.79 Å². The molecule has 0 spiro atoms. The highest BCUT2D eigenvalue weighted by molar-refractivity contribution is 5.83. The average Bonchev–Trinajstić information content (AvgIpc) is 2.40. The summed E-state index contributed by atoms with van der Waals surface area (Å²) in [5.74, 6) is 0.0504. The minimum Gasteiger partial charge on any atom is -0.399 e. The highest BCUT2D eigenvalue weighted by Crippen LogP contribution is 2.24. The molecule has 1 heterocycles. The number of nitrogen functional groups attached to an aromatic ring is 1. The Labute approximate surface area is 121 Å². The predicted octanol–water partition coefficient (Wildman–Crippen LogP) is 1.92. The van der Waals surface area contributed by atoms with Gasteiger partial charge in [-0.3, -0.25) is 9.69 Å². The number of nitrogens with two attached hydrogens (primary N) is 1. The van der Waals surface area contributed by atoms with Crippen LogP contribution in [0, 0.1) is 0 Å². The summed E-state index contributed by atoms with van der Waals surface area (Å²) in [4.78, 5) is 17.0. The SMILES string of the molecule is CC(C(=O)N1CCN(C)C(C)(C)C1)c1cccc(N)c1. The van der Waals surface area contributed by atoms with E-state index in [1.165, 1.54) is 0 Å². The lowest BCUT2D eigenvalue weighted by Gasteiger charge is -2.46. The van der Waals surface area contributed by atoms with Crippen LogP contribution in [0.2, 0.25) is 0 Å². The number of amides is 1. The van der Waals surface area contributed by atoms with Crippen LogP contribution < -0.4 is 5.73 Å². The first-order valence-corrected chi connectivity index (χ1v) is 7.17. The normalized spacial score (nSPS) is 20.7. The minimum absolute atomic E-state index is 0.0311. The van der Waals surface area contributed by atoms with Crippen LogP contribution in [0.4, 0.5) is 5.69 Å². The molecule has 0 aromatic heterocycles. The minimum atomic E-state index is -0.141. The molecule has 0 bridgehead atoms. The van der Waals surface area contributed by atoms with Crippen molar-refractivity contribution in [2.24, 2.45) is 0 Å². The summed E-state index contributed by atoms with van der Waals surface area (Å²) in [6.07, 6.45) is 0. The van der Waals surface area contributed by atoms with Gasteiger partial charge in [0.05, 0.1) is 5.92 Å². The summed E-state index contributed by atoms with van der Waals surface area (Å²) >= 11 is 0. The van der Waals surface area contributed by atoms with E-state index >= 15 is 0 Å². The van der Waals surface area contributed by atoms with Gasteiger partial charge in [0.15, 0.2) is 0 Å². The molecule has 1 aromatic carbocycles. The Balaban J connectivity index is 2.11. The number of hydrogen-bond donors (Lipinski definition) is 1. The Morgan fingerprint density at radius 3 is 2.65 bits per heavy atom. The van der Waals surface area contributed by atoms with E-state index in [4.69, 9.17) is 5.73 Å². The molecule has 1 fully saturated rings. The van der Waals surface area contributed by atoms with E-state index in [9.17, 15) is 4.79 Å². The topological polar surface area (TPSA) is 49.6 Å².